The molecule has 0 aromatic heterocycles. The molecule has 0 spiro atoms. The maximum absolute atomic E-state index is 12.4. The molecule has 1 amide bonds. The van der Waals surface area contributed by atoms with E-state index in [1.807, 2.05) is 38.1 Å². The number of benzene rings is 3. The molecule has 1 aliphatic carbocycles. The van der Waals surface area contributed by atoms with Crippen molar-refractivity contribution in [3.05, 3.63) is 83.4 Å². The SMILES string of the molecule is CC(C)c1cc(NC(=O)OCC2c3ccccc3-c3ccccc32)ccc1O. The number of ether oxygens (including phenoxy) is 1. The van der Waals surface area contributed by atoms with Crippen molar-refractivity contribution in [2.45, 2.75) is 25.7 Å². The molecule has 142 valence electrons. The summed E-state index contributed by atoms with van der Waals surface area (Å²) in [5, 5.41) is 12.7. The van der Waals surface area contributed by atoms with E-state index in [2.05, 4.69) is 29.6 Å². The zero-order valence-corrected chi connectivity index (χ0v) is 16.0. The van der Waals surface area contributed by atoms with Crippen LogP contribution in [0.4, 0.5) is 10.5 Å². The second-order valence-electron chi connectivity index (χ2n) is 7.38. The van der Waals surface area contributed by atoms with Gasteiger partial charge in [-0.3, -0.25) is 5.32 Å². The molecule has 3 aromatic rings. The monoisotopic (exact) mass is 373 g/mol. The molecule has 0 unspecified atom stereocenters. The number of aromatic hydroxyl groups is 1. The number of nitrogens with one attached hydrogen (secondary N) is 1. The van der Waals surface area contributed by atoms with Gasteiger partial charge in [0.05, 0.1) is 0 Å². The lowest BCUT2D eigenvalue weighted by atomic mass is 9.98. The average molecular weight is 373 g/mol. The fourth-order valence-corrected chi connectivity index (χ4v) is 3.85. The molecule has 0 aliphatic heterocycles. The molecule has 0 heterocycles. The lowest BCUT2D eigenvalue weighted by molar-refractivity contribution is 0.158. The summed E-state index contributed by atoms with van der Waals surface area (Å²) in [6.45, 7) is 4.26. The van der Waals surface area contributed by atoms with Gasteiger partial charge in [-0.15, -0.1) is 0 Å². The van der Waals surface area contributed by atoms with E-state index in [1.165, 1.54) is 22.3 Å². The lowest BCUT2D eigenvalue weighted by Crippen LogP contribution is -2.18. The van der Waals surface area contributed by atoms with Crippen molar-refractivity contribution in [3.8, 4) is 16.9 Å². The van der Waals surface area contributed by atoms with Crippen molar-refractivity contribution in [2.24, 2.45) is 0 Å². The van der Waals surface area contributed by atoms with Gasteiger partial charge in [-0.25, -0.2) is 4.79 Å². The third kappa shape index (κ3) is 3.33. The van der Waals surface area contributed by atoms with Crippen LogP contribution in [0.15, 0.2) is 66.7 Å². The Hall–Kier alpha value is -3.27. The van der Waals surface area contributed by atoms with Gasteiger partial charge in [-0.05, 0) is 51.9 Å². The Labute approximate surface area is 164 Å². The first-order valence-electron chi connectivity index (χ1n) is 9.49. The molecule has 4 nitrogen and oxygen atoms in total. The first-order chi connectivity index (χ1) is 13.5. The number of carbonyl (C=O) groups excluding carboxylic acids is 1. The fourth-order valence-electron chi connectivity index (χ4n) is 3.85. The van der Waals surface area contributed by atoms with Crippen molar-refractivity contribution in [1.29, 1.82) is 0 Å². The number of phenolic OH excluding ortho intramolecular Hbond substituents is 1. The average Bonchev–Trinajstić information content (AvgIpc) is 3.01. The van der Waals surface area contributed by atoms with Crippen LogP contribution in [0.1, 0.15) is 42.4 Å². The number of hydrogen-bond donors (Lipinski definition) is 2. The first kappa shape index (κ1) is 18.1. The first-order valence-corrected chi connectivity index (χ1v) is 9.49. The molecule has 2 N–H and O–H groups in total. The summed E-state index contributed by atoms with van der Waals surface area (Å²) in [5.41, 5.74) is 6.17. The summed E-state index contributed by atoms with van der Waals surface area (Å²) in [5.74, 6) is 0.418. The smallest absolute Gasteiger partial charge is 0.411 e. The number of hydrogen-bond acceptors (Lipinski definition) is 3. The molecule has 0 fully saturated rings. The van der Waals surface area contributed by atoms with Crippen molar-refractivity contribution >= 4 is 11.8 Å². The highest BCUT2D eigenvalue weighted by Gasteiger charge is 2.29. The van der Waals surface area contributed by atoms with Gasteiger partial charge < -0.3 is 9.84 Å². The molecule has 28 heavy (non-hydrogen) atoms. The Balaban J connectivity index is 1.48. The van der Waals surface area contributed by atoms with Gasteiger partial charge in [0, 0.05) is 11.6 Å². The Bertz CT molecular complexity index is 980. The highest BCUT2D eigenvalue weighted by molar-refractivity contribution is 5.85. The molecule has 0 atom stereocenters. The van der Waals surface area contributed by atoms with E-state index in [1.54, 1.807) is 18.2 Å². The van der Waals surface area contributed by atoms with Crippen LogP contribution in [-0.4, -0.2) is 17.8 Å². The Kier molecular flexibility index (Phi) is 4.78. The van der Waals surface area contributed by atoms with Crippen molar-refractivity contribution in [1.82, 2.24) is 0 Å². The summed E-state index contributed by atoms with van der Waals surface area (Å²) < 4.78 is 5.56. The third-order valence-corrected chi connectivity index (χ3v) is 5.24. The van der Waals surface area contributed by atoms with Gasteiger partial charge in [0.15, 0.2) is 0 Å². The van der Waals surface area contributed by atoms with Gasteiger partial charge in [0.25, 0.3) is 0 Å². The minimum atomic E-state index is -0.498. The summed E-state index contributed by atoms with van der Waals surface area (Å²) >= 11 is 0. The van der Waals surface area contributed by atoms with Gasteiger partial charge >= 0.3 is 6.09 Å². The van der Waals surface area contributed by atoms with Gasteiger partial charge in [0.1, 0.15) is 12.4 Å². The second kappa shape index (κ2) is 7.39. The van der Waals surface area contributed by atoms with Crippen LogP contribution in [0, 0.1) is 0 Å². The number of rotatable bonds is 4. The fraction of sp³-hybridized carbons (Fsp3) is 0.208. The Morgan fingerprint density at radius 1 is 1.00 bits per heavy atom. The maximum Gasteiger partial charge on any atom is 0.411 e. The summed E-state index contributed by atoms with van der Waals surface area (Å²) in [7, 11) is 0. The van der Waals surface area contributed by atoms with Crippen molar-refractivity contribution in [2.75, 3.05) is 11.9 Å². The minimum absolute atomic E-state index is 0.0317. The van der Waals surface area contributed by atoms with Crippen LogP contribution in [0.2, 0.25) is 0 Å². The number of fused-ring (bicyclic) bond motifs is 3. The Morgan fingerprint density at radius 3 is 2.21 bits per heavy atom. The van der Waals surface area contributed by atoms with E-state index in [9.17, 15) is 9.90 Å². The van der Waals surface area contributed by atoms with Crippen LogP contribution < -0.4 is 5.32 Å². The van der Waals surface area contributed by atoms with E-state index in [0.29, 0.717) is 5.69 Å². The normalized spacial score (nSPS) is 12.5. The molecule has 1 aliphatic rings. The van der Waals surface area contributed by atoms with Crippen LogP contribution in [0.25, 0.3) is 11.1 Å². The maximum atomic E-state index is 12.4. The highest BCUT2D eigenvalue weighted by atomic mass is 16.5. The third-order valence-electron chi connectivity index (χ3n) is 5.24. The quantitative estimate of drug-likeness (QED) is 0.562. The highest BCUT2D eigenvalue weighted by Crippen LogP contribution is 2.44. The van der Waals surface area contributed by atoms with Crippen LogP contribution in [0.3, 0.4) is 0 Å². The van der Waals surface area contributed by atoms with E-state index in [4.69, 9.17) is 4.74 Å². The standard InChI is InChI=1S/C24H23NO3/c1-15(2)21-13-16(11-12-23(21)26)25-24(27)28-14-22-19-9-5-3-7-17(19)18-8-4-6-10-20(18)22/h3-13,15,22,26H,14H2,1-2H3,(H,25,27). The van der Waals surface area contributed by atoms with Gasteiger partial charge in [-0.2, -0.15) is 0 Å². The van der Waals surface area contributed by atoms with Gasteiger partial charge in [-0.1, -0.05) is 62.4 Å². The largest absolute Gasteiger partial charge is 0.508 e. The number of phenols is 1. The van der Waals surface area contributed by atoms with E-state index < -0.39 is 6.09 Å². The molecular formula is C24H23NO3. The summed E-state index contributed by atoms with van der Waals surface area (Å²) in [6, 6.07) is 21.5. The predicted octanol–water partition coefficient (Wildman–Crippen LogP) is 5.88. The zero-order chi connectivity index (χ0) is 19.7. The molecule has 4 rings (SSSR count). The molecule has 0 saturated heterocycles. The van der Waals surface area contributed by atoms with Crippen LogP contribution in [0.5, 0.6) is 5.75 Å². The molecule has 0 saturated carbocycles. The van der Waals surface area contributed by atoms with E-state index >= 15 is 0 Å². The molecule has 3 aromatic carbocycles. The molecular weight excluding hydrogens is 350 g/mol. The minimum Gasteiger partial charge on any atom is -0.508 e. The molecule has 0 radical (unpaired) electrons. The van der Waals surface area contributed by atoms with E-state index in [0.717, 1.165) is 5.56 Å². The van der Waals surface area contributed by atoms with Crippen LogP contribution in [-0.2, 0) is 4.74 Å². The van der Waals surface area contributed by atoms with Crippen LogP contribution >= 0.6 is 0 Å². The molecule has 4 heteroatoms. The zero-order valence-electron chi connectivity index (χ0n) is 16.0. The summed E-state index contributed by atoms with van der Waals surface area (Å²) in [6.07, 6.45) is -0.498. The van der Waals surface area contributed by atoms with Gasteiger partial charge in [0.2, 0.25) is 0 Å². The van der Waals surface area contributed by atoms with Crippen molar-refractivity contribution < 1.29 is 14.6 Å². The number of anilines is 1. The number of carbonyl (C=O) groups is 1. The second-order valence-corrected chi connectivity index (χ2v) is 7.38. The van der Waals surface area contributed by atoms with Crippen molar-refractivity contribution in [3.63, 3.8) is 0 Å². The van der Waals surface area contributed by atoms with E-state index in [-0.39, 0.29) is 24.2 Å². The number of amides is 1. The topological polar surface area (TPSA) is 58.6 Å². The molecule has 0 bridgehead atoms. The Morgan fingerprint density at radius 2 is 1.61 bits per heavy atom. The predicted molar refractivity (Wildman–Crippen MR) is 111 cm³/mol. The lowest BCUT2D eigenvalue weighted by Gasteiger charge is -2.15. The summed E-state index contributed by atoms with van der Waals surface area (Å²) in [4.78, 5) is 12.4.